The van der Waals surface area contributed by atoms with E-state index in [0.29, 0.717) is 31.9 Å². The number of carbonyl (C=O) groups excluding carboxylic acids is 2. The van der Waals surface area contributed by atoms with E-state index in [1.54, 1.807) is 22.4 Å². The van der Waals surface area contributed by atoms with Gasteiger partial charge in [0.2, 0.25) is 11.8 Å². The highest BCUT2D eigenvalue weighted by Crippen LogP contribution is 2.28. The summed E-state index contributed by atoms with van der Waals surface area (Å²) in [5.74, 6) is 0.355. The molecule has 1 saturated heterocycles. The number of carbonyl (C=O) groups is 2. The minimum atomic E-state index is -0.405. The first-order valence-electron chi connectivity index (χ1n) is 10.1. The Morgan fingerprint density at radius 1 is 1.20 bits per heavy atom. The van der Waals surface area contributed by atoms with E-state index in [9.17, 15) is 9.59 Å². The van der Waals surface area contributed by atoms with Gasteiger partial charge in [0.05, 0.1) is 13.1 Å². The van der Waals surface area contributed by atoms with Gasteiger partial charge in [-0.1, -0.05) is 30.3 Å². The molecule has 1 aliphatic heterocycles. The van der Waals surface area contributed by atoms with E-state index in [-0.39, 0.29) is 18.4 Å². The molecule has 3 aromatic rings. The number of fused-ring (bicyclic) bond motifs is 1. The van der Waals surface area contributed by atoms with Gasteiger partial charge in [-0.15, -0.1) is 11.3 Å². The Hall–Kier alpha value is -2.97. The number of nitrogens with two attached hydrogens (primary N) is 1. The van der Waals surface area contributed by atoms with Crippen LogP contribution in [-0.2, 0) is 22.7 Å². The lowest BCUT2D eigenvalue weighted by atomic mass is 10.2. The number of nitrogens with one attached hydrogen (secondary N) is 2. The number of aromatic nitrogens is 1. The van der Waals surface area contributed by atoms with Crippen molar-refractivity contribution in [3.8, 4) is 0 Å². The van der Waals surface area contributed by atoms with Crippen molar-refractivity contribution >= 4 is 39.1 Å². The topological polar surface area (TPSA) is 100 Å². The predicted octanol–water partition coefficient (Wildman–Crippen LogP) is 2.28. The van der Waals surface area contributed by atoms with E-state index in [1.807, 2.05) is 42.5 Å². The number of likely N-dealkylation sites (tertiary alicyclic amines) is 1. The zero-order chi connectivity index (χ0) is 20.9. The molecule has 0 bridgehead atoms. The zero-order valence-electron chi connectivity index (χ0n) is 16.6. The molecule has 0 radical (unpaired) electrons. The van der Waals surface area contributed by atoms with Crippen molar-refractivity contribution < 1.29 is 9.59 Å². The molecule has 1 atom stereocenters. The molecule has 7 nitrogen and oxygen atoms in total. The number of amides is 2. The van der Waals surface area contributed by atoms with Crippen LogP contribution in [0.3, 0.4) is 0 Å². The van der Waals surface area contributed by atoms with Crippen LogP contribution in [0.5, 0.6) is 0 Å². The molecule has 2 amide bonds. The molecular formula is C22H25N5O2S. The third-order valence-electron chi connectivity index (χ3n) is 5.29. The second-order valence-electron chi connectivity index (χ2n) is 7.37. The third kappa shape index (κ3) is 4.60. The van der Waals surface area contributed by atoms with E-state index < -0.39 is 6.04 Å². The van der Waals surface area contributed by atoms with E-state index in [4.69, 9.17) is 5.73 Å². The quantitative estimate of drug-likeness (QED) is 0.541. The van der Waals surface area contributed by atoms with Gasteiger partial charge in [0.15, 0.2) is 0 Å². The SMILES string of the molecule is Nc1nccc2sc(CNC(=O)[C@@H]3CCCN3C(=O)CNCc3ccccc3)cc12. The minimum Gasteiger partial charge on any atom is -0.383 e. The van der Waals surface area contributed by atoms with Crippen molar-refractivity contribution in [2.45, 2.75) is 32.0 Å². The van der Waals surface area contributed by atoms with Crippen LogP contribution in [0.15, 0.2) is 48.7 Å². The summed E-state index contributed by atoms with van der Waals surface area (Å²) in [6, 6.07) is 13.4. The number of nitrogens with zero attached hydrogens (tertiary/aromatic N) is 2. The minimum absolute atomic E-state index is 0.0377. The molecule has 3 heterocycles. The second kappa shape index (κ2) is 9.23. The first-order chi connectivity index (χ1) is 14.6. The number of anilines is 1. The van der Waals surface area contributed by atoms with E-state index in [1.165, 1.54) is 0 Å². The molecule has 30 heavy (non-hydrogen) atoms. The van der Waals surface area contributed by atoms with Crippen molar-refractivity contribution in [1.29, 1.82) is 0 Å². The van der Waals surface area contributed by atoms with Crippen LogP contribution in [0.2, 0.25) is 0 Å². The van der Waals surface area contributed by atoms with Gasteiger partial charge in [0.25, 0.3) is 0 Å². The second-order valence-corrected chi connectivity index (χ2v) is 8.54. The summed E-state index contributed by atoms with van der Waals surface area (Å²) >= 11 is 1.59. The van der Waals surface area contributed by atoms with E-state index in [0.717, 1.165) is 26.9 Å². The third-order valence-corrected chi connectivity index (χ3v) is 6.39. The summed E-state index contributed by atoms with van der Waals surface area (Å²) in [7, 11) is 0. The molecule has 1 fully saturated rings. The number of benzene rings is 1. The van der Waals surface area contributed by atoms with Gasteiger partial charge in [0.1, 0.15) is 11.9 Å². The summed E-state index contributed by atoms with van der Waals surface area (Å²) < 4.78 is 1.05. The van der Waals surface area contributed by atoms with Crippen molar-refractivity contribution in [1.82, 2.24) is 20.5 Å². The number of pyridine rings is 1. The smallest absolute Gasteiger partial charge is 0.243 e. The van der Waals surface area contributed by atoms with E-state index in [2.05, 4.69) is 15.6 Å². The number of hydrogen-bond acceptors (Lipinski definition) is 6. The fourth-order valence-electron chi connectivity index (χ4n) is 3.76. The normalized spacial score (nSPS) is 16.1. The van der Waals surface area contributed by atoms with Gasteiger partial charge in [0, 0.05) is 34.2 Å². The average Bonchev–Trinajstić information content (AvgIpc) is 3.41. The number of nitrogen functional groups attached to an aromatic ring is 1. The molecule has 4 rings (SSSR count). The number of rotatable bonds is 7. The van der Waals surface area contributed by atoms with Crippen molar-refractivity contribution in [3.05, 3.63) is 59.1 Å². The molecule has 2 aromatic heterocycles. The van der Waals surface area contributed by atoms with Crippen LogP contribution in [0.1, 0.15) is 23.3 Å². The molecule has 0 unspecified atom stereocenters. The van der Waals surface area contributed by atoms with Crippen LogP contribution < -0.4 is 16.4 Å². The van der Waals surface area contributed by atoms with Crippen LogP contribution in [0.25, 0.3) is 10.1 Å². The van der Waals surface area contributed by atoms with Crippen LogP contribution >= 0.6 is 11.3 Å². The summed E-state index contributed by atoms with van der Waals surface area (Å²) in [5, 5.41) is 7.07. The Bertz CT molecular complexity index is 1040. The van der Waals surface area contributed by atoms with Gasteiger partial charge >= 0.3 is 0 Å². The molecule has 0 saturated carbocycles. The Morgan fingerprint density at radius 2 is 2.03 bits per heavy atom. The lowest BCUT2D eigenvalue weighted by Crippen LogP contribution is -2.48. The van der Waals surface area contributed by atoms with Gasteiger partial charge in [-0.2, -0.15) is 0 Å². The lowest BCUT2D eigenvalue weighted by molar-refractivity contribution is -0.137. The maximum Gasteiger partial charge on any atom is 0.243 e. The fraction of sp³-hybridized carbons (Fsp3) is 0.318. The monoisotopic (exact) mass is 423 g/mol. The lowest BCUT2D eigenvalue weighted by Gasteiger charge is -2.24. The van der Waals surface area contributed by atoms with Crippen LogP contribution in [0, 0.1) is 0 Å². The van der Waals surface area contributed by atoms with Gasteiger partial charge in [-0.3, -0.25) is 9.59 Å². The Labute approximate surface area is 179 Å². The summed E-state index contributed by atoms with van der Waals surface area (Å²) in [6.07, 6.45) is 3.22. The molecule has 4 N–H and O–H groups in total. The molecular weight excluding hydrogens is 398 g/mol. The standard InChI is InChI=1S/C22H25N5O2S/c23-21-17-11-16(30-19(17)8-9-25-21)13-26-22(29)18-7-4-10-27(18)20(28)14-24-12-15-5-2-1-3-6-15/h1-3,5-6,8-9,11,18,24H,4,7,10,12-14H2,(H2,23,25)(H,26,29)/t18-/m0/s1. The highest BCUT2D eigenvalue weighted by Gasteiger charge is 2.33. The summed E-state index contributed by atoms with van der Waals surface area (Å²) in [6.45, 7) is 1.89. The summed E-state index contributed by atoms with van der Waals surface area (Å²) in [4.78, 5) is 32.2. The fourth-order valence-corrected chi connectivity index (χ4v) is 4.77. The first kappa shape index (κ1) is 20.3. The Balaban J connectivity index is 1.30. The molecule has 0 aliphatic carbocycles. The molecule has 0 spiro atoms. The van der Waals surface area contributed by atoms with Crippen LogP contribution in [-0.4, -0.2) is 40.8 Å². The maximum atomic E-state index is 12.8. The van der Waals surface area contributed by atoms with E-state index >= 15 is 0 Å². The molecule has 8 heteroatoms. The molecule has 156 valence electrons. The van der Waals surface area contributed by atoms with Crippen molar-refractivity contribution in [2.75, 3.05) is 18.8 Å². The predicted molar refractivity (Wildman–Crippen MR) is 119 cm³/mol. The van der Waals surface area contributed by atoms with Crippen LogP contribution in [0.4, 0.5) is 5.82 Å². The van der Waals surface area contributed by atoms with Crippen molar-refractivity contribution in [3.63, 3.8) is 0 Å². The Morgan fingerprint density at radius 3 is 2.83 bits per heavy atom. The Kier molecular flexibility index (Phi) is 6.25. The number of thiophene rings is 1. The zero-order valence-corrected chi connectivity index (χ0v) is 17.5. The first-order valence-corrected chi connectivity index (χ1v) is 10.9. The van der Waals surface area contributed by atoms with Gasteiger partial charge in [-0.05, 0) is 30.5 Å². The highest BCUT2D eigenvalue weighted by atomic mass is 32.1. The number of hydrogen-bond donors (Lipinski definition) is 3. The average molecular weight is 424 g/mol. The van der Waals surface area contributed by atoms with Crippen molar-refractivity contribution in [2.24, 2.45) is 0 Å². The van der Waals surface area contributed by atoms with Gasteiger partial charge < -0.3 is 21.3 Å². The summed E-state index contributed by atoms with van der Waals surface area (Å²) in [5.41, 5.74) is 7.04. The largest absolute Gasteiger partial charge is 0.383 e. The maximum absolute atomic E-state index is 12.8. The molecule has 1 aromatic carbocycles. The highest BCUT2D eigenvalue weighted by molar-refractivity contribution is 7.19. The molecule has 1 aliphatic rings. The van der Waals surface area contributed by atoms with Gasteiger partial charge in [-0.25, -0.2) is 4.98 Å².